The minimum atomic E-state index is -3.10. The topological polar surface area (TPSA) is 81.1 Å². The van der Waals surface area contributed by atoms with Crippen LogP contribution in [0.1, 0.15) is 49.3 Å². The molecule has 0 aliphatic carbocycles. The maximum Gasteiger partial charge on any atom is 0.256 e. The van der Waals surface area contributed by atoms with Gasteiger partial charge in [-0.25, -0.2) is 17.5 Å². The largest absolute Gasteiger partial charge is 0.307 e. The van der Waals surface area contributed by atoms with E-state index in [1.165, 1.54) is 18.2 Å². The van der Waals surface area contributed by atoms with Crippen molar-refractivity contribution < 1.29 is 17.6 Å². The van der Waals surface area contributed by atoms with Gasteiger partial charge in [0, 0.05) is 17.0 Å². The van der Waals surface area contributed by atoms with E-state index in [9.17, 15) is 17.6 Å². The highest BCUT2D eigenvalue weighted by atomic mass is 32.2. The van der Waals surface area contributed by atoms with Crippen LogP contribution < -0.4 is 5.32 Å². The molecular formula is C18H22FN3O3S. The molecule has 0 spiro atoms. The number of nitrogens with one attached hydrogen (secondary N) is 1. The second kappa shape index (κ2) is 6.50. The van der Waals surface area contributed by atoms with Gasteiger partial charge in [-0.15, -0.1) is 0 Å². The number of carbonyl (C=O) groups excluding carboxylic acids is 1. The number of hydrogen-bond donors (Lipinski definition) is 1. The number of rotatable bonds is 3. The zero-order valence-corrected chi connectivity index (χ0v) is 15.8. The number of sulfone groups is 1. The van der Waals surface area contributed by atoms with Gasteiger partial charge in [-0.2, -0.15) is 5.10 Å². The second-order valence-corrected chi connectivity index (χ2v) is 9.86. The van der Waals surface area contributed by atoms with Crippen molar-refractivity contribution in [1.82, 2.24) is 9.78 Å². The van der Waals surface area contributed by atoms with Gasteiger partial charge in [0.05, 0.1) is 23.2 Å². The van der Waals surface area contributed by atoms with Gasteiger partial charge in [-0.3, -0.25) is 4.79 Å². The monoisotopic (exact) mass is 379 g/mol. The number of amides is 1. The second-order valence-electron chi connectivity index (χ2n) is 7.63. The van der Waals surface area contributed by atoms with Crippen molar-refractivity contribution in [3.8, 4) is 0 Å². The van der Waals surface area contributed by atoms with Gasteiger partial charge in [0.15, 0.2) is 9.84 Å². The molecule has 1 aliphatic heterocycles. The Bertz CT molecular complexity index is 945. The maximum absolute atomic E-state index is 13.4. The molecule has 1 amide bonds. The summed E-state index contributed by atoms with van der Waals surface area (Å²) in [4.78, 5) is 12.5. The zero-order valence-electron chi connectivity index (χ0n) is 15.0. The lowest BCUT2D eigenvalue weighted by Gasteiger charge is -2.15. The van der Waals surface area contributed by atoms with Crippen LogP contribution in [0, 0.1) is 5.82 Å². The van der Waals surface area contributed by atoms with Crippen LogP contribution in [0.15, 0.2) is 30.3 Å². The number of halogens is 1. The van der Waals surface area contributed by atoms with E-state index in [4.69, 9.17) is 0 Å². The van der Waals surface area contributed by atoms with Crippen molar-refractivity contribution in [1.29, 1.82) is 0 Å². The molecular weight excluding hydrogens is 357 g/mol. The molecule has 2 heterocycles. The fourth-order valence-electron chi connectivity index (χ4n) is 2.92. The Kier molecular flexibility index (Phi) is 4.64. The molecule has 26 heavy (non-hydrogen) atoms. The van der Waals surface area contributed by atoms with Crippen molar-refractivity contribution in [2.24, 2.45) is 0 Å². The third-order valence-electron chi connectivity index (χ3n) is 4.39. The van der Waals surface area contributed by atoms with Crippen LogP contribution in [-0.2, 0) is 15.3 Å². The molecule has 2 aromatic rings. The summed E-state index contributed by atoms with van der Waals surface area (Å²) in [6, 6.07) is 6.83. The Morgan fingerprint density at radius 2 is 2.04 bits per heavy atom. The fraction of sp³-hybridized carbons (Fsp3) is 0.444. The highest BCUT2D eigenvalue weighted by Gasteiger charge is 2.33. The standard InChI is InChI=1S/C18H22FN3O3S/c1-18(2,3)15-10-16(20-17(23)12-5-4-6-13(19)9-12)22(21-15)14-7-8-26(24,25)11-14/h4-6,9-10,14H,7-8,11H2,1-3H3,(H,20,23)/t14-/m1/s1. The number of anilines is 1. The van der Waals surface area contributed by atoms with Crippen LogP contribution >= 0.6 is 0 Å². The summed E-state index contributed by atoms with van der Waals surface area (Å²) in [5.41, 5.74) is 0.673. The fourth-order valence-corrected chi connectivity index (χ4v) is 4.61. The first-order valence-electron chi connectivity index (χ1n) is 8.42. The normalized spacial score (nSPS) is 19.5. The predicted octanol–water partition coefficient (Wildman–Crippen LogP) is 2.93. The first-order chi connectivity index (χ1) is 12.0. The van der Waals surface area contributed by atoms with Crippen LogP contribution in [0.4, 0.5) is 10.2 Å². The molecule has 1 N–H and O–H groups in total. The van der Waals surface area contributed by atoms with Crippen LogP contribution in [0.5, 0.6) is 0 Å². The molecule has 3 rings (SSSR count). The minimum Gasteiger partial charge on any atom is -0.307 e. The molecule has 0 bridgehead atoms. The van der Waals surface area contributed by atoms with E-state index >= 15 is 0 Å². The highest BCUT2D eigenvalue weighted by Crippen LogP contribution is 2.31. The van der Waals surface area contributed by atoms with Gasteiger partial charge < -0.3 is 5.32 Å². The molecule has 6 nitrogen and oxygen atoms in total. The molecule has 1 aromatic carbocycles. The van der Waals surface area contributed by atoms with Gasteiger partial charge in [0.1, 0.15) is 11.6 Å². The molecule has 140 valence electrons. The average molecular weight is 379 g/mol. The number of nitrogens with zero attached hydrogens (tertiary/aromatic N) is 2. The zero-order chi connectivity index (χ0) is 19.1. The molecule has 0 saturated carbocycles. The Morgan fingerprint density at radius 1 is 1.31 bits per heavy atom. The van der Waals surface area contributed by atoms with E-state index in [-0.39, 0.29) is 28.5 Å². The lowest BCUT2D eigenvalue weighted by Crippen LogP contribution is -2.20. The summed E-state index contributed by atoms with van der Waals surface area (Å²) in [5.74, 6) is -0.428. The molecule has 1 aromatic heterocycles. The molecule has 1 saturated heterocycles. The van der Waals surface area contributed by atoms with E-state index in [2.05, 4.69) is 10.4 Å². The van der Waals surface area contributed by atoms with Crippen molar-refractivity contribution in [3.05, 3.63) is 47.4 Å². The highest BCUT2D eigenvalue weighted by molar-refractivity contribution is 7.91. The molecule has 8 heteroatoms. The molecule has 1 aliphatic rings. The van der Waals surface area contributed by atoms with Crippen molar-refractivity contribution in [2.75, 3.05) is 16.8 Å². The van der Waals surface area contributed by atoms with Crippen molar-refractivity contribution >= 4 is 21.6 Å². The molecule has 0 radical (unpaired) electrons. The van der Waals surface area contributed by atoms with Gasteiger partial charge in [0.25, 0.3) is 5.91 Å². The maximum atomic E-state index is 13.4. The quantitative estimate of drug-likeness (QED) is 0.889. The lowest BCUT2D eigenvalue weighted by atomic mass is 9.92. The van der Waals surface area contributed by atoms with Crippen LogP contribution in [0.2, 0.25) is 0 Å². The summed E-state index contributed by atoms with van der Waals surface area (Å²) >= 11 is 0. The molecule has 1 fully saturated rings. The first kappa shape index (κ1) is 18.6. The Labute approximate surface area is 152 Å². The number of benzene rings is 1. The third-order valence-corrected chi connectivity index (χ3v) is 6.14. The van der Waals surface area contributed by atoms with E-state index in [1.807, 2.05) is 20.8 Å². The summed E-state index contributed by atoms with van der Waals surface area (Å²) in [7, 11) is -3.10. The lowest BCUT2D eigenvalue weighted by molar-refractivity contribution is 0.102. The smallest absolute Gasteiger partial charge is 0.256 e. The Balaban J connectivity index is 1.94. The number of aromatic nitrogens is 2. The summed E-state index contributed by atoms with van der Waals surface area (Å²) in [5, 5.41) is 7.31. The van der Waals surface area contributed by atoms with Gasteiger partial charge in [-0.05, 0) is 24.6 Å². The third kappa shape index (κ3) is 3.95. The van der Waals surface area contributed by atoms with Gasteiger partial charge >= 0.3 is 0 Å². The molecule has 1 atom stereocenters. The van der Waals surface area contributed by atoms with Crippen molar-refractivity contribution in [2.45, 2.75) is 38.6 Å². The van der Waals surface area contributed by atoms with E-state index in [0.29, 0.717) is 12.2 Å². The summed E-state index contributed by atoms with van der Waals surface area (Å²) in [6.07, 6.45) is 0.455. The SMILES string of the molecule is CC(C)(C)c1cc(NC(=O)c2cccc(F)c2)n([C@@H]2CCS(=O)(=O)C2)n1. The number of carbonyl (C=O) groups is 1. The van der Waals surface area contributed by atoms with E-state index in [0.717, 1.165) is 11.8 Å². The minimum absolute atomic E-state index is 0.00109. The first-order valence-corrected chi connectivity index (χ1v) is 10.2. The van der Waals surface area contributed by atoms with E-state index in [1.54, 1.807) is 10.7 Å². The predicted molar refractivity (Wildman–Crippen MR) is 97.6 cm³/mol. The summed E-state index contributed by atoms with van der Waals surface area (Å²) < 4.78 is 38.6. The Morgan fingerprint density at radius 3 is 2.62 bits per heavy atom. The average Bonchev–Trinajstić information content (AvgIpc) is 3.10. The van der Waals surface area contributed by atoms with Crippen LogP contribution in [-0.4, -0.2) is 35.6 Å². The molecule has 0 unspecified atom stereocenters. The van der Waals surface area contributed by atoms with Crippen LogP contribution in [0.3, 0.4) is 0 Å². The number of hydrogen-bond acceptors (Lipinski definition) is 4. The van der Waals surface area contributed by atoms with Gasteiger partial charge in [0.2, 0.25) is 0 Å². The summed E-state index contributed by atoms with van der Waals surface area (Å²) in [6.45, 7) is 5.97. The van der Waals surface area contributed by atoms with Crippen LogP contribution in [0.25, 0.3) is 0 Å². The van der Waals surface area contributed by atoms with Crippen molar-refractivity contribution in [3.63, 3.8) is 0 Å². The Hall–Kier alpha value is -2.22. The van der Waals surface area contributed by atoms with Gasteiger partial charge in [-0.1, -0.05) is 26.8 Å². The van der Waals surface area contributed by atoms with E-state index < -0.39 is 21.6 Å².